The van der Waals surface area contributed by atoms with E-state index in [0.717, 1.165) is 11.1 Å². The quantitative estimate of drug-likeness (QED) is 0.868. The number of ketones is 1. The molecule has 19 heavy (non-hydrogen) atoms. The molecule has 0 bridgehead atoms. The summed E-state index contributed by atoms with van der Waals surface area (Å²) in [7, 11) is 0. The molecule has 2 N–H and O–H groups in total. The van der Waals surface area contributed by atoms with Crippen molar-refractivity contribution in [3.05, 3.63) is 63.6 Å². The Kier molecular flexibility index (Phi) is 4.46. The highest BCUT2D eigenvalue weighted by Gasteiger charge is 2.09. The lowest BCUT2D eigenvalue weighted by atomic mass is 10.0. The van der Waals surface area contributed by atoms with Crippen molar-refractivity contribution < 1.29 is 4.79 Å². The number of nitrogen functional groups attached to an aromatic ring is 1. The first-order valence-electron chi connectivity index (χ1n) is 5.84. The second-order valence-electron chi connectivity index (χ2n) is 4.37. The van der Waals surface area contributed by atoms with Crippen molar-refractivity contribution in [2.75, 3.05) is 5.73 Å². The number of rotatable bonds is 4. The summed E-state index contributed by atoms with van der Waals surface area (Å²) in [6.45, 7) is 0. The van der Waals surface area contributed by atoms with Crippen LogP contribution >= 0.6 is 23.2 Å². The molecule has 0 spiro atoms. The van der Waals surface area contributed by atoms with Crippen molar-refractivity contribution in [1.29, 1.82) is 0 Å². The van der Waals surface area contributed by atoms with Gasteiger partial charge < -0.3 is 5.73 Å². The maximum atomic E-state index is 12.0. The number of halogens is 2. The van der Waals surface area contributed by atoms with E-state index >= 15 is 0 Å². The van der Waals surface area contributed by atoms with Crippen LogP contribution in [-0.2, 0) is 17.6 Å². The molecule has 0 aliphatic rings. The lowest BCUT2D eigenvalue weighted by Gasteiger charge is -2.05. The van der Waals surface area contributed by atoms with E-state index in [-0.39, 0.29) is 12.2 Å². The van der Waals surface area contributed by atoms with E-state index in [0.29, 0.717) is 22.2 Å². The van der Waals surface area contributed by atoms with E-state index in [4.69, 9.17) is 28.9 Å². The van der Waals surface area contributed by atoms with Crippen LogP contribution in [-0.4, -0.2) is 5.78 Å². The van der Waals surface area contributed by atoms with Crippen LogP contribution in [0.4, 0.5) is 5.69 Å². The number of carbonyl (C=O) groups excluding carboxylic acids is 1. The summed E-state index contributed by atoms with van der Waals surface area (Å²) in [4.78, 5) is 12.0. The van der Waals surface area contributed by atoms with Crippen LogP contribution in [0.3, 0.4) is 0 Å². The summed E-state index contributed by atoms with van der Waals surface area (Å²) in [5, 5.41) is 1.15. The molecule has 2 aromatic rings. The van der Waals surface area contributed by atoms with Gasteiger partial charge in [0.15, 0.2) is 0 Å². The van der Waals surface area contributed by atoms with Gasteiger partial charge in [0.2, 0.25) is 0 Å². The number of carbonyl (C=O) groups is 1. The minimum Gasteiger partial charge on any atom is -0.399 e. The van der Waals surface area contributed by atoms with Crippen LogP contribution < -0.4 is 5.73 Å². The average Bonchev–Trinajstić information content (AvgIpc) is 2.37. The average molecular weight is 294 g/mol. The van der Waals surface area contributed by atoms with Crippen LogP contribution in [0.5, 0.6) is 0 Å². The zero-order valence-electron chi connectivity index (χ0n) is 10.2. The number of hydrogen-bond donors (Lipinski definition) is 1. The molecule has 0 aliphatic carbocycles. The highest BCUT2D eigenvalue weighted by Crippen LogP contribution is 2.21. The minimum atomic E-state index is 0.0916. The molecule has 0 saturated heterocycles. The van der Waals surface area contributed by atoms with Gasteiger partial charge in [0.25, 0.3) is 0 Å². The van der Waals surface area contributed by atoms with E-state index in [1.54, 1.807) is 30.3 Å². The molecule has 0 radical (unpaired) electrons. The number of benzene rings is 2. The normalized spacial score (nSPS) is 10.4. The number of nitrogens with two attached hydrogens (primary N) is 1. The third-order valence-corrected chi connectivity index (χ3v) is 3.38. The van der Waals surface area contributed by atoms with Crippen molar-refractivity contribution in [2.24, 2.45) is 0 Å². The molecule has 0 atom stereocenters. The van der Waals surface area contributed by atoms with Crippen molar-refractivity contribution in [3.63, 3.8) is 0 Å². The Hall–Kier alpha value is -1.51. The van der Waals surface area contributed by atoms with Crippen molar-refractivity contribution in [3.8, 4) is 0 Å². The van der Waals surface area contributed by atoms with E-state index in [2.05, 4.69) is 0 Å². The van der Waals surface area contributed by atoms with Gasteiger partial charge in [0.1, 0.15) is 5.78 Å². The fraction of sp³-hybridized carbons (Fsp3) is 0.133. The number of hydrogen-bond acceptors (Lipinski definition) is 2. The van der Waals surface area contributed by atoms with Gasteiger partial charge in [-0.05, 0) is 41.5 Å². The first-order chi connectivity index (χ1) is 9.04. The predicted molar refractivity (Wildman–Crippen MR) is 79.7 cm³/mol. The van der Waals surface area contributed by atoms with Gasteiger partial charge in [0, 0.05) is 28.6 Å². The predicted octanol–water partition coefficient (Wildman–Crippen LogP) is 3.93. The largest absolute Gasteiger partial charge is 0.399 e. The van der Waals surface area contributed by atoms with Crippen LogP contribution in [0.15, 0.2) is 42.5 Å². The highest BCUT2D eigenvalue weighted by molar-refractivity contribution is 6.33. The fourth-order valence-corrected chi connectivity index (χ4v) is 2.20. The molecule has 0 saturated carbocycles. The maximum Gasteiger partial charge on any atom is 0.141 e. The van der Waals surface area contributed by atoms with Crippen LogP contribution in [0.25, 0.3) is 0 Å². The highest BCUT2D eigenvalue weighted by atomic mass is 35.5. The minimum absolute atomic E-state index is 0.0916. The Balaban J connectivity index is 2.05. The SMILES string of the molecule is Nc1ccc(CC(=O)Cc2cc(Cl)ccc2Cl)cc1. The van der Waals surface area contributed by atoms with Crippen LogP contribution in [0.1, 0.15) is 11.1 Å². The third-order valence-electron chi connectivity index (χ3n) is 2.78. The van der Waals surface area contributed by atoms with Crippen molar-refractivity contribution in [1.82, 2.24) is 0 Å². The molecule has 0 aromatic heterocycles. The summed E-state index contributed by atoms with van der Waals surface area (Å²) in [6.07, 6.45) is 0.646. The van der Waals surface area contributed by atoms with Gasteiger partial charge in [0.05, 0.1) is 0 Å². The van der Waals surface area contributed by atoms with E-state index in [1.165, 1.54) is 0 Å². The zero-order valence-corrected chi connectivity index (χ0v) is 11.7. The summed E-state index contributed by atoms with van der Waals surface area (Å²) in [6, 6.07) is 12.4. The molecule has 0 unspecified atom stereocenters. The maximum absolute atomic E-state index is 12.0. The molecule has 4 heteroatoms. The molecule has 0 heterocycles. The lowest BCUT2D eigenvalue weighted by Crippen LogP contribution is -2.07. The zero-order chi connectivity index (χ0) is 13.8. The Morgan fingerprint density at radius 2 is 1.68 bits per heavy atom. The van der Waals surface area contributed by atoms with Gasteiger partial charge in [-0.2, -0.15) is 0 Å². The third kappa shape index (κ3) is 3.98. The van der Waals surface area contributed by atoms with E-state index in [1.807, 2.05) is 12.1 Å². The molecular formula is C15H13Cl2NO. The Bertz CT molecular complexity index is 594. The first-order valence-corrected chi connectivity index (χ1v) is 6.60. The fourth-order valence-electron chi connectivity index (χ4n) is 1.82. The summed E-state index contributed by atoms with van der Waals surface area (Å²) < 4.78 is 0. The second-order valence-corrected chi connectivity index (χ2v) is 5.21. The topological polar surface area (TPSA) is 43.1 Å². The first kappa shape index (κ1) is 13.9. The second kappa shape index (κ2) is 6.09. The standard InChI is InChI=1S/C15H13Cl2NO/c16-12-3-6-15(17)11(8-12)9-14(19)7-10-1-4-13(18)5-2-10/h1-6,8H,7,9,18H2. The molecule has 0 fully saturated rings. The molecule has 2 rings (SSSR count). The molecule has 0 aliphatic heterocycles. The van der Waals surface area contributed by atoms with Gasteiger partial charge in [-0.15, -0.1) is 0 Å². The summed E-state index contributed by atoms with van der Waals surface area (Å²) >= 11 is 11.9. The number of anilines is 1. The smallest absolute Gasteiger partial charge is 0.141 e. The van der Waals surface area contributed by atoms with Gasteiger partial charge in [-0.25, -0.2) is 0 Å². The van der Waals surface area contributed by atoms with Gasteiger partial charge >= 0.3 is 0 Å². The molecule has 0 amide bonds. The van der Waals surface area contributed by atoms with Crippen molar-refractivity contribution >= 4 is 34.7 Å². The monoisotopic (exact) mass is 293 g/mol. The Labute approximate surface area is 122 Å². The Morgan fingerprint density at radius 3 is 2.37 bits per heavy atom. The number of Topliss-reactive ketones (excluding diaryl/α,β-unsaturated/α-hetero) is 1. The molecule has 2 nitrogen and oxygen atoms in total. The van der Waals surface area contributed by atoms with Gasteiger partial charge in [-0.1, -0.05) is 35.3 Å². The summed E-state index contributed by atoms with van der Waals surface area (Å²) in [5.74, 6) is 0.0916. The van der Waals surface area contributed by atoms with E-state index < -0.39 is 0 Å². The van der Waals surface area contributed by atoms with Crippen LogP contribution in [0.2, 0.25) is 10.0 Å². The molecular weight excluding hydrogens is 281 g/mol. The van der Waals surface area contributed by atoms with E-state index in [9.17, 15) is 4.79 Å². The lowest BCUT2D eigenvalue weighted by molar-refractivity contribution is -0.117. The van der Waals surface area contributed by atoms with Crippen molar-refractivity contribution in [2.45, 2.75) is 12.8 Å². The molecule has 2 aromatic carbocycles. The Morgan fingerprint density at radius 1 is 1.00 bits per heavy atom. The molecule has 98 valence electrons. The van der Waals surface area contributed by atoms with Crippen LogP contribution in [0, 0.1) is 0 Å². The summed E-state index contributed by atoms with van der Waals surface area (Å²) in [5.41, 5.74) is 7.99. The van der Waals surface area contributed by atoms with Gasteiger partial charge in [-0.3, -0.25) is 4.79 Å².